The van der Waals surface area contributed by atoms with Crippen LogP contribution in [0.3, 0.4) is 0 Å². The summed E-state index contributed by atoms with van der Waals surface area (Å²) in [5.41, 5.74) is 1.82. The van der Waals surface area contributed by atoms with Gasteiger partial charge in [0, 0.05) is 18.3 Å². The van der Waals surface area contributed by atoms with Crippen molar-refractivity contribution in [1.29, 1.82) is 0 Å². The Hall–Kier alpha value is -3.35. The number of nitrogens with one attached hydrogen (secondary N) is 2. The van der Waals surface area contributed by atoms with Gasteiger partial charge in [0.25, 0.3) is 5.91 Å². The van der Waals surface area contributed by atoms with Crippen molar-refractivity contribution >= 4 is 34.8 Å². The topological polar surface area (TPSA) is 87.7 Å². The second-order valence-electron chi connectivity index (χ2n) is 6.54. The number of hydrogen-bond donors (Lipinski definition) is 2. The molecule has 28 heavy (non-hydrogen) atoms. The van der Waals surface area contributed by atoms with Crippen LogP contribution in [0.15, 0.2) is 48.5 Å². The van der Waals surface area contributed by atoms with Gasteiger partial charge < -0.3 is 15.4 Å². The molecule has 1 atom stereocenters. The van der Waals surface area contributed by atoms with Crippen molar-refractivity contribution in [2.24, 2.45) is 0 Å². The number of benzene rings is 2. The van der Waals surface area contributed by atoms with Gasteiger partial charge in [0.05, 0.1) is 18.7 Å². The van der Waals surface area contributed by atoms with Crippen LogP contribution in [0.2, 0.25) is 0 Å². The molecule has 146 valence electrons. The first-order valence-corrected chi connectivity index (χ1v) is 9.22. The van der Waals surface area contributed by atoms with E-state index in [4.69, 9.17) is 4.74 Å². The molecular weight excluding hydrogens is 358 g/mol. The van der Waals surface area contributed by atoms with Crippen LogP contribution in [0.5, 0.6) is 5.75 Å². The summed E-state index contributed by atoms with van der Waals surface area (Å²) in [6.45, 7) is 3.94. The third-order valence-electron chi connectivity index (χ3n) is 4.26. The normalized spacial score (nSPS) is 16.2. The molecule has 0 spiro atoms. The number of carbonyl (C=O) groups excluding carboxylic acids is 3. The molecule has 1 saturated heterocycles. The average molecular weight is 381 g/mol. The number of nitrogens with zero attached hydrogens (tertiary/aromatic N) is 1. The number of carbonyl (C=O) groups is 3. The molecule has 1 fully saturated rings. The first-order valence-electron chi connectivity index (χ1n) is 9.22. The Bertz CT molecular complexity index is 879. The van der Waals surface area contributed by atoms with Gasteiger partial charge in [-0.1, -0.05) is 19.1 Å². The first kappa shape index (κ1) is 19.4. The summed E-state index contributed by atoms with van der Waals surface area (Å²) in [7, 11) is 0. The van der Waals surface area contributed by atoms with Crippen LogP contribution in [-0.2, 0) is 14.4 Å². The van der Waals surface area contributed by atoms with E-state index in [9.17, 15) is 14.4 Å². The van der Waals surface area contributed by atoms with Gasteiger partial charge >= 0.3 is 0 Å². The fourth-order valence-corrected chi connectivity index (χ4v) is 3.03. The molecule has 2 aromatic carbocycles. The largest absolute Gasteiger partial charge is 0.491 e. The lowest BCUT2D eigenvalue weighted by Gasteiger charge is -2.19. The summed E-state index contributed by atoms with van der Waals surface area (Å²) >= 11 is 0. The molecular formula is C21H23N3O4. The third-order valence-corrected chi connectivity index (χ3v) is 4.26. The fourth-order valence-electron chi connectivity index (χ4n) is 3.03. The molecule has 1 aliphatic rings. The standard InChI is InChI=1S/C21H23N3O4/c1-3-12-28-19-7-5-4-6-18(19)24-20(26)13-17(21(24)27)23-16-10-8-15(9-11-16)22-14(2)25/h4-11,17,23H,3,12-13H2,1-2H3,(H,22,25). The maximum atomic E-state index is 12.9. The smallest absolute Gasteiger partial charge is 0.256 e. The SMILES string of the molecule is CCCOc1ccccc1N1C(=O)CC(Nc2ccc(NC(C)=O)cc2)C1=O. The molecule has 3 amide bonds. The monoisotopic (exact) mass is 381 g/mol. The van der Waals surface area contributed by atoms with Crippen molar-refractivity contribution in [3.63, 3.8) is 0 Å². The van der Waals surface area contributed by atoms with Crippen molar-refractivity contribution in [2.45, 2.75) is 32.7 Å². The number of rotatable bonds is 7. The molecule has 0 aromatic heterocycles. The fraction of sp³-hybridized carbons (Fsp3) is 0.286. The van der Waals surface area contributed by atoms with Crippen LogP contribution >= 0.6 is 0 Å². The van der Waals surface area contributed by atoms with Gasteiger partial charge in [-0.25, -0.2) is 4.90 Å². The third kappa shape index (κ3) is 4.31. The van der Waals surface area contributed by atoms with Crippen LogP contribution in [0.1, 0.15) is 26.7 Å². The van der Waals surface area contributed by atoms with Crippen LogP contribution in [-0.4, -0.2) is 30.4 Å². The number of amides is 3. The van der Waals surface area contributed by atoms with Gasteiger partial charge in [-0.05, 0) is 42.8 Å². The van der Waals surface area contributed by atoms with Crippen molar-refractivity contribution < 1.29 is 19.1 Å². The van der Waals surface area contributed by atoms with Crippen molar-refractivity contribution in [2.75, 3.05) is 22.1 Å². The van der Waals surface area contributed by atoms with Gasteiger partial charge in [-0.2, -0.15) is 0 Å². The highest BCUT2D eigenvalue weighted by molar-refractivity contribution is 6.23. The minimum absolute atomic E-state index is 0.0639. The molecule has 0 aliphatic carbocycles. The lowest BCUT2D eigenvalue weighted by atomic mass is 10.2. The second kappa shape index (κ2) is 8.56. The Morgan fingerprint density at radius 3 is 2.46 bits per heavy atom. The molecule has 2 aromatic rings. The summed E-state index contributed by atoms with van der Waals surface area (Å²) < 4.78 is 5.69. The second-order valence-corrected chi connectivity index (χ2v) is 6.54. The Kier molecular flexibility index (Phi) is 5.93. The van der Waals surface area contributed by atoms with Gasteiger partial charge in [0.15, 0.2) is 0 Å². The highest BCUT2D eigenvalue weighted by atomic mass is 16.5. The summed E-state index contributed by atoms with van der Waals surface area (Å²) in [5, 5.41) is 5.78. The molecule has 7 nitrogen and oxygen atoms in total. The number of para-hydroxylation sites is 2. The molecule has 3 rings (SSSR count). The molecule has 1 heterocycles. The molecule has 1 unspecified atom stereocenters. The highest BCUT2D eigenvalue weighted by Gasteiger charge is 2.40. The van der Waals surface area contributed by atoms with E-state index >= 15 is 0 Å². The van der Waals surface area contributed by atoms with Crippen molar-refractivity contribution in [3.05, 3.63) is 48.5 Å². The van der Waals surface area contributed by atoms with E-state index in [2.05, 4.69) is 10.6 Å². The van der Waals surface area contributed by atoms with E-state index in [0.717, 1.165) is 6.42 Å². The molecule has 1 aliphatic heterocycles. The van der Waals surface area contributed by atoms with E-state index in [-0.39, 0.29) is 24.1 Å². The van der Waals surface area contributed by atoms with E-state index in [1.54, 1.807) is 42.5 Å². The Morgan fingerprint density at radius 1 is 1.11 bits per heavy atom. The average Bonchev–Trinajstić information content (AvgIpc) is 2.94. The number of anilines is 3. The van der Waals surface area contributed by atoms with Crippen molar-refractivity contribution in [3.8, 4) is 5.75 Å². The molecule has 2 N–H and O–H groups in total. The van der Waals surface area contributed by atoms with Crippen LogP contribution in [0.4, 0.5) is 17.1 Å². The minimum atomic E-state index is -0.654. The summed E-state index contributed by atoms with van der Waals surface area (Å²) in [6.07, 6.45) is 0.892. The maximum absolute atomic E-state index is 12.9. The van der Waals surface area contributed by atoms with Crippen molar-refractivity contribution in [1.82, 2.24) is 0 Å². The summed E-state index contributed by atoms with van der Waals surface area (Å²) in [5.74, 6) is -0.225. The number of ether oxygens (including phenoxy) is 1. The van der Waals surface area contributed by atoms with Crippen LogP contribution in [0.25, 0.3) is 0 Å². The Morgan fingerprint density at radius 2 is 1.79 bits per heavy atom. The minimum Gasteiger partial charge on any atom is -0.491 e. The predicted molar refractivity (Wildman–Crippen MR) is 107 cm³/mol. The summed E-state index contributed by atoms with van der Waals surface area (Å²) in [4.78, 5) is 37.7. The quantitative estimate of drug-likeness (QED) is 0.719. The molecule has 7 heteroatoms. The van der Waals surface area contributed by atoms with E-state index < -0.39 is 6.04 Å². The van der Waals surface area contributed by atoms with Crippen LogP contribution in [0, 0.1) is 0 Å². The van der Waals surface area contributed by atoms with Gasteiger partial charge in [0.1, 0.15) is 11.8 Å². The zero-order chi connectivity index (χ0) is 20.1. The van der Waals surface area contributed by atoms with Gasteiger partial charge in [-0.3, -0.25) is 14.4 Å². The van der Waals surface area contributed by atoms with Gasteiger partial charge in [0.2, 0.25) is 11.8 Å². The lowest BCUT2D eigenvalue weighted by molar-refractivity contribution is -0.121. The maximum Gasteiger partial charge on any atom is 0.256 e. The highest BCUT2D eigenvalue weighted by Crippen LogP contribution is 2.33. The summed E-state index contributed by atoms with van der Waals surface area (Å²) in [6, 6.07) is 13.4. The lowest BCUT2D eigenvalue weighted by Crippen LogP contribution is -2.35. The molecule has 0 saturated carbocycles. The first-order chi connectivity index (χ1) is 13.5. The Balaban J connectivity index is 1.74. The predicted octanol–water partition coefficient (Wildman–Crippen LogP) is 3.18. The van der Waals surface area contributed by atoms with Gasteiger partial charge in [-0.15, -0.1) is 0 Å². The number of hydrogen-bond acceptors (Lipinski definition) is 5. The number of imide groups is 1. The van der Waals surface area contributed by atoms with Crippen LogP contribution < -0.4 is 20.3 Å². The molecule has 0 radical (unpaired) electrons. The zero-order valence-corrected chi connectivity index (χ0v) is 15.9. The van der Waals surface area contributed by atoms with E-state index in [0.29, 0.717) is 29.4 Å². The zero-order valence-electron chi connectivity index (χ0n) is 15.9. The van der Waals surface area contributed by atoms with E-state index in [1.165, 1.54) is 11.8 Å². The van der Waals surface area contributed by atoms with E-state index in [1.807, 2.05) is 13.0 Å². The molecule has 0 bridgehead atoms. The Labute approximate surface area is 163 Å².